The smallest absolute Gasteiger partial charge is 0.342 e. The van der Waals surface area contributed by atoms with Crippen LogP contribution in [0, 0.1) is 10.1 Å². The first kappa shape index (κ1) is 22.8. The van der Waals surface area contributed by atoms with Crippen LogP contribution in [-0.2, 0) is 23.7 Å². The number of nitro benzene ring substituents is 1. The van der Waals surface area contributed by atoms with E-state index in [0.29, 0.717) is 10.6 Å². The maximum Gasteiger partial charge on any atom is 0.342 e. The standard InChI is InChI=1S/C19H23NO9S2/c1-18(2)26-13-12(25-17-15(14(13)27-18)28-19(3,4)29-17)8-30-31-9-5-6-11(20(23)24)10(7-9)16(21)22/h5-7,12-15,17H,8H2,1-4H3,(H,21,22)/t12?,13?,14?,15-,17-/m1/s1. The first-order chi connectivity index (χ1) is 14.5. The summed E-state index contributed by atoms with van der Waals surface area (Å²) < 4.78 is 30.1. The molecule has 12 heteroatoms. The van der Waals surface area contributed by atoms with E-state index in [0.717, 1.165) is 0 Å². The minimum atomic E-state index is -1.34. The molecule has 3 aliphatic rings. The number of benzene rings is 1. The molecule has 1 aromatic rings. The van der Waals surface area contributed by atoms with Crippen LogP contribution in [0.25, 0.3) is 0 Å². The van der Waals surface area contributed by atoms with Crippen molar-refractivity contribution in [2.24, 2.45) is 0 Å². The molecule has 0 radical (unpaired) electrons. The highest BCUT2D eigenvalue weighted by Crippen LogP contribution is 2.45. The topological polar surface area (TPSA) is 127 Å². The van der Waals surface area contributed by atoms with Gasteiger partial charge in [0.15, 0.2) is 17.9 Å². The Balaban J connectivity index is 1.44. The quantitative estimate of drug-likeness (QED) is 0.371. The Morgan fingerprint density at radius 1 is 1.10 bits per heavy atom. The summed E-state index contributed by atoms with van der Waals surface area (Å²) in [4.78, 5) is 22.2. The van der Waals surface area contributed by atoms with E-state index in [4.69, 9.17) is 23.7 Å². The van der Waals surface area contributed by atoms with Crippen LogP contribution in [0.1, 0.15) is 38.1 Å². The fraction of sp³-hybridized carbons (Fsp3) is 0.632. The third-order valence-electron chi connectivity index (χ3n) is 5.03. The average Bonchev–Trinajstić information content (AvgIpc) is 3.15. The van der Waals surface area contributed by atoms with Gasteiger partial charge in [0.2, 0.25) is 0 Å². The van der Waals surface area contributed by atoms with Gasteiger partial charge >= 0.3 is 5.97 Å². The summed E-state index contributed by atoms with van der Waals surface area (Å²) in [5, 5.41) is 20.3. The zero-order valence-corrected chi connectivity index (χ0v) is 18.9. The summed E-state index contributed by atoms with van der Waals surface area (Å²) in [5.41, 5.74) is -0.786. The number of carbonyl (C=O) groups is 1. The summed E-state index contributed by atoms with van der Waals surface area (Å²) in [6.45, 7) is 7.31. The number of ether oxygens (including phenoxy) is 5. The van der Waals surface area contributed by atoms with Gasteiger partial charge in [-0.1, -0.05) is 21.6 Å². The lowest BCUT2D eigenvalue weighted by Gasteiger charge is -2.37. The van der Waals surface area contributed by atoms with Crippen molar-refractivity contribution >= 4 is 33.2 Å². The molecular formula is C19H23NO9S2. The van der Waals surface area contributed by atoms with Gasteiger partial charge in [-0.05, 0) is 39.8 Å². The molecule has 0 aromatic heterocycles. The third-order valence-corrected chi connectivity index (χ3v) is 7.40. The Morgan fingerprint density at radius 2 is 1.74 bits per heavy atom. The van der Waals surface area contributed by atoms with Crippen LogP contribution in [0.2, 0.25) is 0 Å². The number of nitro groups is 1. The van der Waals surface area contributed by atoms with Crippen molar-refractivity contribution in [1.82, 2.24) is 0 Å². The lowest BCUT2D eigenvalue weighted by molar-refractivity contribution is -0.385. The molecule has 31 heavy (non-hydrogen) atoms. The van der Waals surface area contributed by atoms with Crippen molar-refractivity contribution in [2.45, 2.75) is 74.9 Å². The zero-order valence-electron chi connectivity index (χ0n) is 17.3. The van der Waals surface area contributed by atoms with E-state index in [2.05, 4.69) is 0 Å². The van der Waals surface area contributed by atoms with Gasteiger partial charge < -0.3 is 28.8 Å². The second-order valence-corrected chi connectivity index (χ2v) is 10.7. The normalized spacial score (nSPS) is 33.0. The average molecular weight is 474 g/mol. The summed E-state index contributed by atoms with van der Waals surface area (Å²) in [5.74, 6) is -2.42. The van der Waals surface area contributed by atoms with E-state index in [1.807, 2.05) is 27.7 Å². The highest BCUT2D eigenvalue weighted by atomic mass is 33.1. The van der Waals surface area contributed by atoms with E-state index in [1.54, 1.807) is 0 Å². The van der Waals surface area contributed by atoms with Crippen molar-refractivity contribution in [3.8, 4) is 0 Å². The molecule has 3 aliphatic heterocycles. The Kier molecular flexibility index (Phi) is 6.01. The minimum absolute atomic E-state index is 0.343. The molecule has 3 unspecified atom stereocenters. The van der Waals surface area contributed by atoms with Gasteiger partial charge in [0, 0.05) is 16.7 Å². The number of hydrogen-bond donors (Lipinski definition) is 1. The summed E-state index contributed by atoms with van der Waals surface area (Å²) in [7, 11) is 2.74. The molecule has 0 saturated carbocycles. The summed E-state index contributed by atoms with van der Waals surface area (Å²) in [6.07, 6.45) is -2.02. The number of rotatable bonds is 6. The molecule has 0 bridgehead atoms. The molecule has 1 N–H and O–H groups in total. The SMILES string of the molecule is CC1(C)OC2C(CSSc3ccc([N+](=O)[O-])c(C(=O)O)c3)O[C@@H]3OC(C)(C)O[C@@H]3C2O1. The van der Waals surface area contributed by atoms with E-state index in [1.165, 1.54) is 39.8 Å². The second-order valence-electron chi connectivity index (χ2n) is 8.32. The molecule has 0 aliphatic carbocycles. The largest absolute Gasteiger partial charge is 0.477 e. The highest BCUT2D eigenvalue weighted by Gasteiger charge is 2.60. The van der Waals surface area contributed by atoms with E-state index >= 15 is 0 Å². The van der Waals surface area contributed by atoms with E-state index < -0.39 is 40.5 Å². The van der Waals surface area contributed by atoms with Crippen LogP contribution < -0.4 is 0 Å². The van der Waals surface area contributed by atoms with Gasteiger partial charge in [0.25, 0.3) is 5.69 Å². The summed E-state index contributed by atoms with van der Waals surface area (Å²) in [6, 6.07) is 4.03. The van der Waals surface area contributed by atoms with Gasteiger partial charge in [-0.15, -0.1) is 0 Å². The Morgan fingerprint density at radius 3 is 2.42 bits per heavy atom. The van der Waals surface area contributed by atoms with Crippen molar-refractivity contribution in [3.05, 3.63) is 33.9 Å². The van der Waals surface area contributed by atoms with Crippen molar-refractivity contribution in [3.63, 3.8) is 0 Å². The first-order valence-electron chi connectivity index (χ1n) is 9.64. The van der Waals surface area contributed by atoms with Gasteiger partial charge in [-0.25, -0.2) is 4.79 Å². The molecule has 10 nitrogen and oxygen atoms in total. The van der Waals surface area contributed by atoms with Crippen LogP contribution in [-0.4, -0.2) is 64.0 Å². The molecule has 3 fully saturated rings. The molecule has 3 saturated heterocycles. The van der Waals surface area contributed by atoms with Crippen LogP contribution in [0.5, 0.6) is 0 Å². The number of hydrogen-bond acceptors (Lipinski definition) is 10. The highest BCUT2D eigenvalue weighted by molar-refractivity contribution is 8.76. The van der Waals surface area contributed by atoms with Crippen LogP contribution in [0.3, 0.4) is 0 Å². The van der Waals surface area contributed by atoms with Crippen molar-refractivity contribution in [1.29, 1.82) is 0 Å². The summed E-state index contributed by atoms with van der Waals surface area (Å²) >= 11 is 0. The molecule has 3 heterocycles. The van der Waals surface area contributed by atoms with Crippen LogP contribution in [0.4, 0.5) is 5.69 Å². The van der Waals surface area contributed by atoms with Crippen LogP contribution >= 0.6 is 21.6 Å². The molecule has 0 spiro atoms. The number of aromatic carboxylic acids is 1. The Labute approximate surface area is 186 Å². The predicted molar refractivity (Wildman–Crippen MR) is 111 cm³/mol. The van der Waals surface area contributed by atoms with Gasteiger partial charge in [0.1, 0.15) is 23.9 Å². The minimum Gasteiger partial charge on any atom is -0.477 e. The molecule has 5 atom stereocenters. The lowest BCUT2D eigenvalue weighted by atomic mass is 10.00. The Hall–Kier alpha value is -1.41. The van der Waals surface area contributed by atoms with Crippen molar-refractivity contribution in [2.75, 3.05) is 5.75 Å². The number of nitrogens with zero attached hydrogens (tertiary/aromatic N) is 1. The number of carboxylic acid groups (broad SMARTS) is 1. The molecule has 0 amide bonds. The van der Waals surface area contributed by atoms with Crippen molar-refractivity contribution < 1.29 is 38.5 Å². The second kappa shape index (κ2) is 8.18. The fourth-order valence-electron chi connectivity index (χ4n) is 3.89. The first-order valence-corrected chi connectivity index (χ1v) is 12.0. The monoisotopic (exact) mass is 473 g/mol. The van der Waals surface area contributed by atoms with E-state index in [9.17, 15) is 20.0 Å². The molecule has 4 rings (SSSR count). The molecular weight excluding hydrogens is 450 g/mol. The fourth-order valence-corrected chi connectivity index (χ4v) is 6.12. The lowest BCUT2D eigenvalue weighted by Crippen LogP contribution is -2.55. The Bertz CT molecular complexity index is 893. The molecule has 170 valence electrons. The predicted octanol–water partition coefficient (Wildman–Crippen LogP) is 3.43. The van der Waals surface area contributed by atoms with Gasteiger partial charge in [-0.2, -0.15) is 0 Å². The van der Waals surface area contributed by atoms with Gasteiger partial charge in [-0.3, -0.25) is 10.1 Å². The van der Waals surface area contributed by atoms with E-state index in [-0.39, 0.29) is 23.9 Å². The third kappa shape index (κ3) is 4.70. The zero-order chi connectivity index (χ0) is 22.6. The number of fused-ring (bicyclic) bond motifs is 3. The molecule has 1 aromatic carbocycles. The van der Waals surface area contributed by atoms with Gasteiger partial charge in [0.05, 0.1) is 11.0 Å². The maximum atomic E-state index is 11.3. The maximum absolute atomic E-state index is 11.3. The number of carboxylic acids is 1. The van der Waals surface area contributed by atoms with Crippen LogP contribution in [0.15, 0.2) is 23.1 Å².